The molecule has 1 heterocycles. The first-order chi connectivity index (χ1) is 14.3. The third kappa shape index (κ3) is 4.10. The van der Waals surface area contributed by atoms with Crippen LogP contribution in [0.15, 0.2) is 71.6 Å². The summed E-state index contributed by atoms with van der Waals surface area (Å²) in [5, 5.41) is 11.1. The maximum atomic E-state index is 12.2. The number of ketones is 1. The molecular weight excluding hydrogens is 384 g/mol. The summed E-state index contributed by atoms with van der Waals surface area (Å²) in [5.41, 5.74) is 2.96. The van der Waals surface area contributed by atoms with E-state index in [1.165, 1.54) is 25.3 Å². The largest absolute Gasteiger partial charge is 0.469 e. The van der Waals surface area contributed by atoms with Gasteiger partial charge < -0.3 is 9.64 Å². The van der Waals surface area contributed by atoms with Gasteiger partial charge in [0.15, 0.2) is 5.78 Å². The van der Waals surface area contributed by atoms with E-state index in [9.17, 15) is 19.7 Å². The molecule has 1 aliphatic heterocycles. The highest BCUT2D eigenvalue weighted by atomic mass is 16.6. The number of carbonyl (C=O) groups is 2. The predicted octanol–water partition coefficient (Wildman–Crippen LogP) is 3.85. The molecule has 1 aromatic rings. The molecule has 0 unspecified atom stereocenters. The Morgan fingerprint density at radius 3 is 2.67 bits per heavy atom. The van der Waals surface area contributed by atoms with Crippen molar-refractivity contribution >= 4 is 17.4 Å². The number of allylic oxidation sites excluding steroid dienone is 7. The van der Waals surface area contributed by atoms with Crippen LogP contribution in [0.1, 0.15) is 32.3 Å². The molecular formula is C23H24N2O5. The monoisotopic (exact) mass is 408 g/mol. The summed E-state index contributed by atoms with van der Waals surface area (Å²) in [4.78, 5) is 36.4. The zero-order valence-corrected chi connectivity index (χ0v) is 17.3. The minimum absolute atomic E-state index is 0.122. The van der Waals surface area contributed by atoms with Gasteiger partial charge in [0.2, 0.25) is 0 Å². The summed E-state index contributed by atoms with van der Waals surface area (Å²) in [6.45, 7) is 4.79. The molecule has 0 radical (unpaired) electrons. The Balaban J connectivity index is 1.97. The minimum Gasteiger partial charge on any atom is -0.469 e. The Morgan fingerprint density at radius 1 is 1.23 bits per heavy atom. The number of carbonyl (C=O) groups excluding carboxylic acids is 2. The van der Waals surface area contributed by atoms with Gasteiger partial charge in [-0.25, -0.2) is 0 Å². The van der Waals surface area contributed by atoms with Crippen LogP contribution in [0.5, 0.6) is 0 Å². The fourth-order valence-corrected chi connectivity index (χ4v) is 3.81. The van der Waals surface area contributed by atoms with Crippen LogP contribution in [-0.4, -0.2) is 30.3 Å². The van der Waals surface area contributed by atoms with Gasteiger partial charge in [0.05, 0.1) is 12.0 Å². The van der Waals surface area contributed by atoms with E-state index in [1.807, 2.05) is 24.3 Å². The second-order valence-electron chi connectivity index (χ2n) is 7.67. The molecule has 0 spiro atoms. The summed E-state index contributed by atoms with van der Waals surface area (Å²) in [6.07, 6.45) is 8.10. The topological polar surface area (TPSA) is 89.8 Å². The predicted molar refractivity (Wildman–Crippen MR) is 113 cm³/mol. The van der Waals surface area contributed by atoms with E-state index in [-0.39, 0.29) is 28.4 Å². The fraction of sp³-hybridized carbons (Fsp3) is 0.304. The van der Waals surface area contributed by atoms with Gasteiger partial charge in [0, 0.05) is 47.5 Å². The van der Waals surface area contributed by atoms with Crippen molar-refractivity contribution in [2.75, 3.05) is 18.6 Å². The number of hydrogen-bond acceptors (Lipinski definition) is 6. The van der Waals surface area contributed by atoms with Crippen LogP contribution < -0.4 is 4.90 Å². The Bertz CT molecular complexity index is 1010. The van der Waals surface area contributed by atoms with Crippen molar-refractivity contribution in [1.82, 2.24) is 0 Å². The number of fused-ring (bicyclic) bond motifs is 1. The van der Waals surface area contributed by atoms with Gasteiger partial charge in [0.25, 0.3) is 5.70 Å². The lowest BCUT2D eigenvalue weighted by atomic mass is 9.83. The van der Waals surface area contributed by atoms with E-state index in [0.29, 0.717) is 19.4 Å². The van der Waals surface area contributed by atoms with Gasteiger partial charge in [-0.15, -0.1) is 0 Å². The summed E-state index contributed by atoms with van der Waals surface area (Å²) in [5.74, 6) is -0.533. The van der Waals surface area contributed by atoms with Gasteiger partial charge in [-0.05, 0) is 36.3 Å². The van der Waals surface area contributed by atoms with Crippen LogP contribution >= 0.6 is 0 Å². The van der Waals surface area contributed by atoms with Crippen molar-refractivity contribution < 1.29 is 19.2 Å². The first-order valence-corrected chi connectivity index (χ1v) is 9.70. The molecule has 0 saturated carbocycles. The van der Waals surface area contributed by atoms with E-state index in [0.717, 1.165) is 16.9 Å². The van der Waals surface area contributed by atoms with Gasteiger partial charge in [-0.2, -0.15) is 0 Å². The molecule has 1 aromatic carbocycles. The molecule has 3 rings (SSSR count). The lowest BCUT2D eigenvalue weighted by Crippen LogP contribution is -2.27. The Kier molecular flexibility index (Phi) is 6.01. The first-order valence-electron chi connectivity index (χ1n) is 9.70. The Morgan fingerprint density at radius 2 is 1.97 bits per heavy atom. The molecule has 0 atom stereocenters. The molecule has 0 fully saturated rings. The summed E-state index contributed by atoms with van der Waals surface area (Å²) >= 11 is 0. The standard InChI is InChI=1S/C23H24N2O5/c1-23(2)18-7-4-5-8-19(18)24(14-6-9-22(27)30-3)21(23)13-10-16-15-17(25(28)29)11-12-20(16)26/h4-5,7-8,10-13,15H,6,9,14H2,1-3H3/b16-10-,21-13-. The van der Waals surface area contributed by atoms with Crippen molar-refractivity contribution in [2.24, 2.45) is 0 Å². The number of para-hydroxylation sites is 1. The summed E-state index contributed by atoms with van der Waals surface area (Å²) < 4.78 is 4.73. The van der Waals surface area contributed by atoms with Crippen LogP contribution in [-0.2, 0) is 19.7 Å². The Labute approximate surface area is 175 Å². The third-order valence-corrected chi connectivity index (χ3v) is 5.41. The number of nitrogens with zero attached hydrogens (tertiary/aromatic N) is 2. The van der Waals surface area contributed by atoms with Crippen LogP contribution in [0.25, 0.3) is 0 Å². The summed E-state index contributed by atoms with van der Waals surface area (Å²) in [7, 11) is 1.37. The maximum Gasteiger partial charge on any atom is 0.305 e. The lowest BCUT2D eigenvalue weighted by Gasteiger charge is -2.27. The highest BCUT2D eigenvalue weighted by Crippen LogP contribution is 2.47. The van der Waals surface area contributed by atoms with E-state index in [4.69, 9.17) is 4.74 Å². The molecule has 0 aromatic heterocycles. The lowest BCUT2D eigenvalue weighted by molar-refractivity contribution is -0.419. The van der Waals surface area contributed by atoms with Crippen molar-refractivity contribution in [3.63, 3.8) is 0 Å². The van der Waals surface area contributed by atoms with Crippen LogP contribution in [0.2, 0.25) is 0 Å². The smallest absolute Gasteiger partial charge is 0.305 e. The number of rotatable bonds is 6. The molecule has 0 N–H and O–H groups in total. The van der Waals surface area contributed by atoms with Gasteiger partial charge in [0.1, 0.15) is 0 Å². The van der Waals surface area contributed by atoms with Gasteiger partial charge >= 0.3 is 5.97 Å². The third-order valence-electron chi connectivity index (χ3n) is 5.41. The number of hydrogen-bond donors (Lipinski definition) is 0. The average molecular weight is 408 g/mol. The quantitative estimate of drug-likeness (QED) is 0.307. The highest BCUT2D eigenvalue weighted by Gasteiger charge is 2.39. The zero-order valence-electron chi connectivity index (χ0n) is 17.3. The molecule has 7 heteroatoms. The normalized spacial score (nSPS) is 19.8. The molecule has 0 bridgehead atoms. The molecule has 156 valence electrons. The van der Waals surface area contributed by atoms with E-state index in [2.05, 4.69) is 24.8 Å². The molecule has 1 aliphatic carbocycles. The first kappa shape index (κ1) is 21.2. The SMILES string of the molecule is COC(=O)CCCN1/C(=C\C=C2\C=C([N+](=O)[O-])C=CC2=O)C(C)(C)c2ccccc21. The van der Waals surface area contributed by atoms with Gasteiger partial charge in [-0.1, -0.05) is 32.0 Å². The van der Waals surface area contributed by atoms with Gasteiger partial charge in [-0.3, -0.25) is 19.7 Å². The van der Waals surface area contributed by atoms with Crippen molar-refractivity contribution in [3.8, 4) is 0 Å². The van der Waals surface area contributed by atoms with Crippen molar-refractivity contribution in [3.05, 3.63) is 87.3 Å². The van der Waals surface area contributed by atoms with Crippen molar-refractivity contribution in [2.45, 2.75) is 32.1 Å². The number of ether oxygens (including phenoxy) is 1. The molecule has 30 heavy (non-hydrogen) atoms. The van der Waals surface area contributed by atoms with E-state index >= 15 is 0 Å². The zero-order chi connectivity index (χ0) is 21.9. The molecule has 0 amide bonds. The second kappa shape index (κ2) is 8.49. The average Bonchev–Trinajstić information content (AvgIpc) is 2.94. The number of nitro groups is 1. The van der Waals surface area contributed by atoms with E-state index < -0.39 is 4.92 Å². The van der Waals surface area contributed by atoms with Crippen molar-refractivity contribution in [1.29, 1.82) is 0 Å². The van der Waals surface area contributed by atoms with Crippen LogP contribution in [0.4, 0.5) is 5.69 Å². The van der Waals surface area contributed by atoms with Crippen LogP contribution in [0, 0.1) is 10.1 Å². The van der Waals surface area contributed by atoms with Crippen LogP contribution in [0.3, 0.4) is 0 Å². The minimum atomic E-state index is -0.515. The fourth-order valence-electron chi connectivity index (χ4n) is 3.81. The number of esters is 1. The number of anilines is 1. The summed E-state index contributed by atoms with van der Waals surface area (Å²) in [6, 6.07) is 8.04. The molecule has 2 aliphatic rings. The number of benzene rings is 1. The highest BCUT2D eigenvalue weighted by molar-refractivity contribution is 6.07. The van der Waals surface area contributed by atoms with E-state index in [1.54, 1.807) is 6.08 Å². The second-order valence-corrected chi connectivity index (χ2v) is 7.67. The molecule has 0 saturated heterocycles. The Hall–Kier alpha value is -3.48. The molecule has 7 nitrogen and oxygen atoms in total. The maximum absolute atomic E-state index is 12.2. The number of methoxy groups -OCH3 is 1.